The fourth-order valence-corrected chi connectivity index (χ4v) is 2.52. The molecule has 2 aromatic heterocycles. The van der Waals surface area contributed by atoms with Gasteiger partial charge in [0.2, 0.25) is 0 Å². The third-order valence-electron chi connectivity index (χ3n) is 2.61. The summed E-state index contributed by atoms with van der Waals surface area (Å²) in [6, 6.07) is 0. The number of rotatable bonds is 4. The Morgan fingerprint density at radius 3 is 2.74 bits per heavy atom. The number of imidazole rings is 1. The van der Waals surface area contributed by atoms with E-state index < -0.39 is 17.2 Å². The molecule has 0 fully saturated rings. The van der Waals surface area contributed by atoms with Gasteiger partial charge < -0.3 is 14.5 Å². The highest BCUT2D eigenvalue weighted by molar-refractivity contribution is 7.99. The van der Waals surface area contributed by atoms with Crippen LogP contribution in [0, 0.1) is 0 Å². The molecule has 0 bridgehead atoms. The first-order valence-corrected chi connectivity index (χ1v) is 6.46. The quantitative estimate of drug-likeness (QED) is 0.668. The van der Waals surface area contributed by atoms with Gasteiger partial charge in [0, 0.05) is 19.3 Å². The number of H-pyrrole nitrogens is 1. The Kier molecular flexibility index (Phi) is 3.47. The van der Waals surface area contributed by atoms with Crippen LogP contribution < -0.4 is 16.4 Å². The highest BCUT2D eigenvalue weighted by Gasteiger charge is 2.16. The highest BCUT2D eigenvalue weighted by Crippen LogP contribution is 2.20. The van der Waals surface area contributed by atoms with Crippen molar-refractivity contribution in [3.8, 4) is 0 Å². The highest BCUT2D eigenvalue weighted by atomic mass is 32.2. The van der Waals surface area contributed by atoms with Crippen LogP contribution in [0.2, 0.25) is 0 Å². The third-order valence-corrected chi connectivity index (χ3v) is 3.56. The number of thioether (sulfide) groups is 1. The van der Waals surface area contributed by atoms with E-state index in [1.54, 1.807) is 11.5 Å². The molecule has 0 saturated carbocycles. The first-order valence-electron chi connectivity index (χ1n) is 5.48. The summed E-state index contributed by atoms with van der Waals surface area (Å²) in [5.74, 6) is -1.49. The summed E-state index contributed by atoms with van der Waals surface area (Å²) >= 11 is 0.950. The number of nitrogens with zero attached hydrogens (tertiary/aromatic N) is 3. The Morgan fingerprint density at radius 1 is 1.47 bits per heavy atom. The number of fused-ring (bicyclic) bond motifs is 1. The number of nitrogens with one attached hydrogen (secondary N) is 1. The van der Waals surface area contributed by atoms with Crippen molar-refractivity contribution in [1.82, 2.24) is 19.1 Å². The molecule has 0 aliphatic rings. The van der Waals surface area contributed by atoms with Crippen LogP contribution in [-0.2, 0) is 18.4 Å². The minimum Gasteiger partial charge on any atom is -0.549 e. The minimum atomic E-state index is -1.22. The lowest BCUT2D eigenvalue weighted by atomic mass is 10.5. The van der Waals surface area contributed by atoms with Crippen molar-refractivity contribution in [2.24, 2.45) is 7.05 Å². The van der Waals surface area contributed by atoms with E-state index in [2.05, 4.69) is 9.97 Å². The predicted molar refractivity (Wildman–Crippen MR) is 67.0 cm³/mol. The molecule has 0 aromatic carbocycles. The van der Waals surface area contributed by atoms with Crippen molar-refractivity contribution in [3.63, 3.8) is 0 Å². The second kappa shape index (κ2) is 4.92. The number of aromatic nitrogens is 4. The first kappa shape index (κ1) is 13.4. The van der Waals surface area contributed by atoms with E-state index in [1.807, 2.05) is 0 Å². The molecule has 0 unspecified atom stereocenters. The monoisotopic (exact) mass is 283 g/mol. The number of carboxylic acid groups (broad SMARTS) is 1. The lowest BCUT2D eigenvalue weighted by Gasteiger charge is -2.05. The molecule has 19 heavy (non-hydrogen) atoms. The molecule has 0 aliphatic carbocycles. The van der Waals surface area contributed by atoms with Crippen molar-refractivity contribution in [3.05, 3.63) is 20.8 Å². The van der Waals surface area contributed by atoms with Gasteiger partial charge in [-0.25, -0.2) is 9.78 Å². The number of aryl methyl sites for hydroxylation is 2. The van der Waals surface area contributed by atoms with E-state index in [0.29, 0.717) is 11.7 Å². The topological polar surface area (TPSA) is 113 Å². The van der Waals surface area contributed by atoms with Crippen LogP contribution in [0.5, 0.6) is 0 Å². The number of carbonyl (C=O) groups is 1. The zero-order chi connectivity index (χ0) is 14.2. The largest absolute Gasteiger partial charge is 0.549 e. The van der Waals surface area contributed by atoms with E-state index in [9.17, 15) is 19.5 Å². The Hall–Kier alpha value is -2.03. The number of carboxylic acids is 1. The average molecular weight is 283 g/mol. The van der Waals surface area contributed by atoms with Gasteiger partial charge in [-0.1, -0.05) is 11.8 Å². The lowest BCUT2D eigenvalue weighted by molar-refractivity contribution is -0.301. The summed E-state index contributed by atoms with van der Waals surface area (Å²) in [7, 11) is 1.49. The van der Waals surface area contributed by atoms with Crippen LogP contribution in [0.15, 0.2) is 14.7 Å². The lowest BCUT2D eigenvalue weighted by Crippen LogP contribution is -2.29. The van der Waals surface area contributed by atoms with E-state index in [1.165, 1.54) is 11.6 Å². The van der Waals surface area contributed by atoms with Gasteiger partial charge in [-0.15, -0.1) is 0 Å². The van der Waals surface area contributed by atoms with Crippen molar-refractivity contribution < 1.29 is 9.90 Å². The maximum atomic E-state index is 11.8. The van der Waals surface area contributed by atoms with Crippen LogP contribution in [0.25, 0.3) is 11.2 Å². The molecule has 0 saturated heterocycles. The molecular weight excluding hydrogens is 272 g/mol. The Balaban J connectivity index is 2.70. The summed E-state index contributed by atoms with van der Waals surface area (Å²) in [5.41, 5.74) is -0.607. The molecule has 8 nitrogen and oxygen atoms in total. The van der Waals surface area contributed by atoms with Gasteiger partial charge in [0.25, 0.3) is 5.56 Å². The summed E-state index contributed by atoms with van der Waals surface area (Å²) in [5, 5.41) is 10.9. The van der Waals surface area contributed by atoms with Crippen LogP contribution in [-0.4, -0.2) is 30.8 Å². The predicted octanol–water partition coefficient (Wildman–Crippen LogP) is -1.71. The molecule has 0 radical (unpaired) electrons. The number of carbonyl (C=O) groups excluding carboxylic acids is 1. The van der Waals surface area contributed by atoms with Crippen molar-refractivity contribution in [1.29, 1.82) is 0 Å². The molecule has 0 spiro atoms. The first-order chi connectivity index (χ1) is 8.95. The maximum absolute atomic E-state index is 11.8. The average Bonchev–Trinajstić information content (AvgIpc) is 2.72. The molecule has 2 heterocycles. The third kappa shape index (κ3) is 2.28. The van der Waals surface area contributed by atoms with Gasteiger partial charge >= 0.3 is 5.69 Å². The molecule has 2 rings (SSSR count). The van der Waals surface area contributed by atoms with E-state index in [0.717, 1.165) is 11.8 Å². The number of aliphatic carboxylic acids is 1. The van der Waals surface area contributed by atoms with E-state index in [4.69, 9.17) is 0 Å². The smallest absolute Gasteiger partial charge is 0.329 e. The van der Waals surface area contributed by atoms with Gasteiger partial charge in [-0.05, 0) is 6.92 Å². The summed E-state index contributed by atoms with van der Waals surface area (Å²) in [6.45, 7) is 2.24. The molecule has 1 N–H and O–H groups in total. The molecule has 0 amide bonds. The zero-order valence-corrected chi connectivity index (χ0v) is 11.1. The second-order valence-corrected chi connectivity index (χ2v) is 4.73. The standard InChI is InChI=1S/C10H12N4O4S/c1-3-14-6-7(11-10(14)19-4-5(15)16)13(2)9(18)12-8(6)17/h3-4H2,1-2H3,(H,15,16)(H,12,17,18)/p-1. The Bertz CT molecular complexity index is 757. The van der Waals surface area contributed by atoms with Crippen LogP contribution in [0.1, 0.15) is 6.92 Å². The number of aromatic amines is 1. The van der Waals surface area contributed by atoms with Crippen molar-refractivity contribution in [2.75, 3.05) is 5.75 Å². The van der Waals surface area contributed by atoms with E-state index in [-0.39, 0.29) is 16.9 Å². The Labute approximate surface area is 111 Å². The molecule has 0 aliphatic heterocycles. The maximum Gasteiger partial charge on any atom is 0.329 e. The number of hydrogen-bond donors (Lipinski definition) is 1. The van der Waals surface area contributed by atoms with Gasteiger partial charge in [-0.3, -0.25) is 14.3 Å². The summed E-state index contributed by atoms with van der Waals surface area (Å²) in [4.78, 5) is 40.1. The summed E-state index contributed by atoms with van der Waals surface area (Å²) in [6.07, 6.45) is 0. The van der Waals surface area contributed by atoms with E-state index >= 15 is 0 Å². The van der Waals surface area contributed by atoms with Crippen molar-refractivity contribution in [2.45, 2.75) is 18.6 Å². The molecule has 2 aromatic rings. The fraction of sp³-hybridized carbons (Fsp3) is 0.400. The van der Waals surface area contributed by atoms with Crippen LogP contribution in [0.3, 0.4) is 0 Å². The molecule has 0 atom stereocenters. The number of hydrogen-bond acceptors (Lipinski definition) is 6. The van der Waals surface area contributed by atoms with Gasteiger partial charge in [0.05, 0.1) is 5.97 Å². The minimum absolute atomic E-state index is 0.233. The van der Waals surface area contributed by atoms with Crippen LogP contribution >= 0.6 is 11.8 Å². The van der Waals surface area contributed by atoms with Crippen molar-refractivity contribution >= 4 is 28.9 Å². The Morgan fingerprint density at radius 2 is 2.16 bits per heavy atom. The SMILES string of the molecule is CCn1c(SCC(=O)[O-])nc2c1c(=O)[nH]c(=O)n2C. The molecular formula is C10H11N4O4S-. The zero-order valence-electron chi connectivity index (χ0n) is 10.3. The molecule has 9 heteroatoms. The second-order valence-electron chi connectivity index (χ2n) is 3.79. The molecule has 102 valence electrons. The fourth-order valence-electron chi connectivity index (χ4n) is 1.74. The normalized spacial score (nSPS) is 11.1. The van der Waals surface area contributed by atoms with Gasteiger partial charge in [-0.2, -0.15) is 0 Å². The summed E-state index contributed by atoms with van der Waals surface area (Å²) < 4.78 is 2.78. The van der Waals surface area contributed by atoms with Gasteiger partial charge in [0.15, 0.2) is 16.3 Å². The van der Waals surface area contributed by atoms with Crippen LogP contribution in [0.4, 0.5) is 0 Å². The van der Waals surface area contributed by atoms with Gasteiger partial charge in [0.1, 0.15) is 0 Å².